The SMILES string of the molecule is Cc1cccc2c(Cl)ncc(C(=O)NC3CCCCC3)c12. The zero-order valence-corrected chi connectivity index (χ0v) is 12.9. The highest BCUT2D eigenvalue weighted by Gasteiger charge is 2.19. The molecule has 21 heavy (non-hydrogen) atoms. The normalized spacial score (nSPS) is 16.1. The molecule has 110 valence electrons. The number of hydrogen-bond acceptors (Lipinski definition) is 2. The van der Waals surface area contributed by atoms with Gasteiger partial charge in [-0.25, -0.2) is 4.98 Å². The quantitative estimate of drug-likeness (QED) is 0.842. The molecule has 1 aliphatic carbocycles. The van der Waals surface area contributed by atoms with Gasteiger partial charge in [-0.05, 0) is 25.3 Å². The van der Waals surface area contributed by atoms with Crippen LogP contribution < -0.4 is 5.32 Å². The van der Waals surface area contributed by atoms with Gasteiger partial charge in [-0.3, -0.25) is 4.79 Å². The molecule has 0 aliphatic heterocycles. The highest BCUT2D eigenvalue weighted by Crippen LogP contribution is 2.27. The first-order valence-electron chi connectivity index (χ1n) is 7.51. The van der Waals surface area contributed by atoms with Crippen molar-refractivity contribution in [3.05, 3.63) is 40.7 Å². The van der Waals surface area contributed by atoms with E-state index in [0.717, 1.165) is 29.2 Å². The molecule has 1 heterocycles. The first-order valence-corrected chi connectivity index (χ1v) is 7.89. The number of fused-ring (bicyclic) bond motifs is 1. The Labute approximate surface area is 129 Å². The van der Waals surface area contributed by atoms with Gasteiger partial charge in [-0.15, -0.1) is 0 Å². The molecule has 1 aromatic carbocycles. The van der Waals surface area contributed by atoms with Gasteiger partial charge in [-0.2, -0.15) is 0 Å². The summed E-state index contributed by atoms with van der Waals surface area (Å²) >= 11 is 6.15. The molecule has 4 heteroatoms. The van der Waals surface area contributed by atoms with Crippen LogP contribution in [0.4, 0.5) is 0 Å². The maximum absolute atomic E-state index is 12.6. The van der Waals surface area contributed by atoms with Gasteiger partial charge >= 0.3 is 0 Å². The number of hydrogen-bond donors (Lipinski definition) is 1. The minimum atomic E-state index is -0.0367. The van der Waals surface area contributed by atoms with Crippen LogP contribution in [0.3, 0.4) is 0 Å². The third-order valence-corrected chi connectivity index (χ3v) is 4.56. The Bertz CT molecular complexity index is 678. The van der Waals surface area contributed by atoms with Gasteiger partial charge in [0.05, 0.1) is 5.56 Å². The van der Waals surface area contributed by atoms with Gasteiger partial charge in [0, 0.05) is 23.0 Å². The van der Waals surface area contributed by atoms with Crippen LogP contribution in [0.5, 0.6) is 0 Å². The van der Waals surface area contributed by atoms with E-state index in [4.69, 9.17) is 11.6 Å². The number of rotatable bonds is 2. The molecule has 3 rings (SSSR count). The second-order valence-corrected chi connectivity index (χ2v) is 6.13. The highest BCUT2D eigenvalue weighted by molar-refractivity contribution is 6.35. The van der Waals surface area contributed by atoms with E-state index < -0.39 is 0 Å². The summed E-state index contributed by atoms with van der Waals surface area (Å²) in [5.74, 6) is -0.0367. The smallest absolute Gasteiger partial charge is 0.253 e. The molecule has 3 nitrogen and oxygen atoms in total. The van der Waals surface area contributed by atoms with Gasteiger partial charge < -0.3 is 5.32 Å². The van der Waals surface area contributed by atoms with Crippen molar-refractivity contribution in [2.45, 2.75) is 45.1 Å². The number of carbonyl (C=O) groups is 1. The molecule has 1 aromatic heterocycles. The molecule has 1 N–H and O–H groups in total. The molecule has 1 saturated carbocycles. The highest BCUT2D eigenvalue weighted by atomic mass is 35.5. The predicted molar refractivity (Wildman–Crippen MR) is 85.8 cm³/mol. The summed E-state index contributed by atoms with van der Waals surface area (Å²) in [5.41, 5.74) is 1.67. The van der Waals surface area contributed by atoms with Crippen LogP contribution in [0.2, 0.25) is 5.15 Å². The summed E-state index contributed by atoms with van der Waals surface area (Å²) in [7, 11) is 0. The number of pyridine rings is 1. The molecule has 0 unspecified atom stereocenters. The van der Waals surface area contributed by atoms with Crippen molar-refractivity contribution in [2.75, 3.05) is 0 Å². The molecule has 0 radical (unpaired) electrons. The molecule has 1 aliphatic rings. The number of aryl methyl sites for hydroxylation is 1. The van der Waals surface area contributed by atoms with Crippen molar-refractivity contribution < 1.29 is 4.79 Å². The average molecular weight is 303 g/mol. The van der Waals surface area contributed by atoms with Crippen LogP contribution in [-0.2, 0) is 0 Å². The lowest BCUT2D eigenvalue weighted by atomic mass is 9.95. The summed E-state index contributed by atoms with van der Waals surface area (Å²) in [5, 5.41) is 5.35. The zero-order valence-electron chi connectivity index (χ0n) is 12.2. The second-order valence-electron chi connectivity index (χ2n) is 5.77. The molecule has 1 fully saturated rings. The molecular formula is C17H19ClN2O. The lowest BCUT2D eigenvalue weighted by Crippen LogP contribution is -2.36. The maximum atomic E-state index is 12.6. The topological polar surface area (TPSA) is 42.0 Å². The molecule has 0 spiro atoms. The number of nitrogens with zero attached hydrogens (tertiary/aromatic N) is 1. The Morgan fingerprint density at radius 2 is 2.05 bits per heavy atom. The first kappa shape index (κ1) is 14.3. The lowest BCUT2D eigenvalue weighted by molar-refractivity contribution is 0.0929. The Kier molecular flexibility index (Phi) is 4.11. The van der Waals surface area contributed by atoms with E-state index in [-0.39, 0.29) is 5.91 Å². The van der Waals surface area contributed by atoms with Gasteiger partial charge in [0.1, 0.15) is 5.15 Å². The molecule has 0 saturated heterocycles. The van der Waals surface area contributed by atoms with Gasteiger partial charge in [0.15, 0.2) is 0 Å². The Hall–Kier alpha value is -1.61. The fourth-order valence-corrected chi connectivity index (χ4v) is 3.34. The summed E-state index contributed by atoms with van der Waals surface area (Å²) < 4.78 is 0. The Morgan fingerprint density at radius 1 is 1.29 bits per heavy atom. The number of amides is 1. The largest absolute Gasteiger partial charge is 0.349 e. The Morgan fingerprint density at radius 3 is 2.81 bits per heavy atom. The molecule has 1 amide bonds. The Balaban J connectivity index is 1.96. The van der Waals surface area contributed by atoms with Crippen molar-refractivity contribution in [3.63, 3.8) is 0 Å². The van der Waals surface area contributed by atoms with Crippen LogP contribution in [-0.4, -0.2) is 16.9 Å². The van der Waals surface area contributed by atoms with Crippen LogP contribution >= 0.6 is 11.6 Å². The van der Waals surface area contributed by atoms with Crippen molar-refractivity contribution in [1.82, 2.24) is 10.3 Å². The molecule has 0 atom stereocenters. The van der Waals surface area contributed by atoms with Gasteiger partial charge in [0.25, 0.3) is 5.91 Å². The van der Waals surface area contributed by atoms with E-state index in [9.17, 15) is 4.79 Å². The first-order chi connectivity index (χ1) is 10.2. The van der Waals surface area contributed by atoms with Crippen LogP contribution in [0, 0.1) is 6.92 Å². The zero-order chi connectivity index (χ0) is 14.8. The number of halogens is 1. The molecular weight excluding hydrogens is 284 g/mol. The second kappa shape index (κ2) is 6.02. The molecule has 2 aromatic rings. The van der Waals surface area contributed by atoms with Crippen molar-refractivity contribution in [3.8, 4) is 0 Å². The van der Waals surface area contributed by atoms with Crippen LogP contribution in [0.25, 0.3) is 10.8 Å². The van der Waals surface area contributed by atoms with E-state index in [1.165, 1.54) is 19.3 Å². The summed E-state index contributed by atoms with van der Waals surface area (Å²) in [4.78, 5) is 16.8. The van der Waals surface area contributed by atoms with Crippen molar-refractivity contribution in [1.29, 1.82) is 0 Å². The van der Waals surface area contributed by atoms with E-state index in [1.807, 2.05) is 25.1 Å². The fraction of sp³-hybridized carbons (Fsp3) is 0.412. The number of benzene rings is 1. The molecule has 0 bridgehead atoms. The van der Waals surface area contributed by atoms with E-state index >= 15 is 0 Å². The summed E-state index contributed by atoms with van der Waals surface area (Å²) in [6.45, 7) is 2.00. The minimum Gasteiger partial charge on any atom is -0.349 e. The van der Waals surface area contributed by atoms with Gasteiger partial charge in [0.2, 0.25) is 0 Å². The van der Waals surface area contributed by atoms with E-state index in [1.54, 1.807) is 6.20 Å². The van der Waals surface area contributed by atoms with E-state index in [2.05, 4.69) is 10.3 Å². The summed E-state index contributed by atoms with van der Waals surface area (Å²) in [6.07, 6.45) is 7.41. The number of nitrogens with one attached hydrogen (secondary N) is 1. The van der Waals surface area contributed by atoms with Gasteiger partial charge in [-0.1, -0.05) is 49.1 Å². The monoisotopic (exact) mass is 302 g/mol. The van der Waals surface area contributed by atoms with Crippen LogP contribution in [0.1, 0.15) is 48.0 Å². The lowest BCUT2D eigenvalue weighted by Gasteiger charge is -2.23. The third kappa shape index (κ3) is 2.88. The summed E-state index contributed by atoms with van der Waals surface area (Å²) in [6, 6.07) is 6.14. The third-order valence-electron chi connectivity index (χ3n) is 4.26. The van der Waals surface area contributed by atoms with Crippen LogP contribution in [0.15, 0.2) is 24.4 Å². The van der Waals surface area contributed by atoms with E-state index in [0.29, 0.717) is 16.8 Å². The standard InChI is InChI=1S/C17H19ClN2O/c1-11-6-5-9-13-15(11)14(10-19-16(13)18)17(21)20-12-7-3-2-4-8-12/h5-6,9-10,12H,2-4,7-8H2,1H3,(H,20,21). The number of aromatic nitrogens is 1. The minimum absolute atomic E-state index is 0.0367. The van der Waals surface area contributed by atoms with Crippen molar-refractivity contribution in [2.24, 2.45) is 0 Å². The number of carbonyl (C=O) groups excluding carboxylic acids is 1. The fourth-order valence-electron chi connectivity index (χ4n) is 3.13. The predicted octanol–water partition coefficient (Wildman–Crippen LogP) is 4.26. The van der Waals surface area contributed by atoms with Crippen molar-refractivity contribution >= 4 is 28.3 Å². The average Bonchev–Trinajstić information content (AvgIpc) is 2.49. The maximum Gasteiger partial charge on any atom is 0.253 e.